The van der Waals surface area contributed by atoms with E-state index < -0.39 is 0 Å². The maximum absolute atomic E-state index is 12.7. The van der Waals surface area contributed by atoms with E-state index in [2.05, 4.69) is 24.0 Å². The predicted molar refractivity (Wildman–Crippen MR) is 82.8 cm³/mol. The number of likely N-dealkylation sites (tertiary alicyclic amines) is 1. The van der Waals surface area contributed by atoms with Crippen LogP contribution in [0.4, 0.5) is 5.69 Å². The lowest BCUT2D eigenvalue weighted by atomic mass is 9.99. The number of nitrogens with two attached hydrogens (primary N) is 1. The number of carbonyl (C=O) groups excluding carboxylic acids is 1. The van der Waals surface area contributed by atoms with Gasteiger partial charge in [0.05, 0.1) is 17.9 Å². The van der Waals surface area contributed by atoms with Gasteiger partial charge in [0.1, 0.15) is 5.69 Å². The number of anilines is 1. The van der Waals surface area contributed by atoms with Gasteiger partial charge in [-0.2, -0.15) is 0 Å². The van der Waals surface area contributed by atoms with Crippen molar-refractivity contribution in [3.8, 4) is 0 Å². The van der Waals surface area contributed by atoms with E-state index in [0.29, 0.717) is 11.4 Å². The van der Waals surface area contributed by atoms with Crippen LogP contribution in [0, 0.1) is 6.92 Å². The first-order chi connectivity index (χ1) is 10.2. The van der Waals surface area contributed by atoms with Crippen molar-refractivity contribution in [1.29, 1.82) is 0 Å². The third-order valence-electron chi connectivity index (χ3n) is 4.07. The summed E-state index contributed by atoms with van der Waals surface area (Å²) < 4.78 is 0. The first-order valence-electron chi connectivity index (χ1n) is 7.25. The van der Waals surface area contributed by atoms with Gasteiger partial charge in [0, 0.05) is 6.54 Å². The van der Waals surface area contributed by atoms with Crippen molar-refractivity contribution in [2.75, 3.05) is 12.3 Å². The smallest absolute Gasteiger partial charge is 0.272 e. The maximum atomic E-state index is 12.7. The first kappa shape index (κ1) is 13.6. The van der Waals surface area contributed by atoms with Gasteiger partial charge in [-0.25, -0.2) is 4.98 Å². The molecule has 4 nitrogen and oxygen atoms in total. The average Bonchev–Trinajstić information content (AvgIpc) is 2.97. The minimum absolute atomic E-state index is 0.0132. The predicted octanol–water partition coefficient (Wildman–Crippen LogP) is 2.95. The van der Waals surface area contributed by atoms with Crippen LogP contribution in [0.15, 0.2) is 42.6 Å². The summed E-state index contributed by atoms with van der Waals surface area (Å²) in [7, 11) is 0. The fourth-order valence-electron chi connectivity index (χ4n) is 2.97. The van der Waals surface area contributed by atoms with E-state index in [1.54, 1.807) is 12.1 Å². The molecular formula is C17H19N3O. The van der Waals surface area contributed by atoms with E-state index in [4.69, 9.17) is 5.73 Å². The number of carbonyl (C=O) groups is 1. The molecule has 2 N–H and O–H groups in total. The van der Waals surface area contributed by atoms with E-state index in [0.717, 1.165) is 19.4 Å². The topological polar surface area (TPSA) is 59.2 Å². The zero-order valence-corrected chi connectivity index (χ0v) is 12.1. The molecule has 2 aromatic rings. The summed E-state index contributed by atoms with van der Waals surface area (Å²) in [5, 5.41) is 0. The number of hydrogen-bond acceptors (Lipinski definition) is 3. The minimum Gasteiger partial charge on any atom is -0.397 e. The molecule has 1 aromatic carbocycles. The van der Waals surface area contributed by atoms with Crippen molar-refractivity contribution in [1.82, 2.24) is 9.88 Å². The quantitative estimate of drug-likeness (QED) is 0.920. The molecule has 2 heterocycles. The molecule has 21 heavy (non-hydrogen) atoms. The second-order valence-corrected chi connectivity index (χ2v) is 5.49. The number of nitrogen functional groups attached to an aromatic ring is 1. The number of nitrogens with zero attached hydrogens (tertiary/aromatic N) is 2. The third kappa shape index (κ3) is 2.61. The highest BCUT2D eigenvalue weighted by Gasteiger charge is 2.31. The Morgan fingerprint density at radius 3 is 2.81 bits per heavy atom. The second kappa shape index (κ2) is 5.56. The average molecular weight is 281 g/mol. The van der Waals surface area contributed by atoms with Gasteiger partial charge in [0.2, 0.25) is 0 Å². The largest absolute Gasteiger partial charge is 0.397 e. The van der Waals surface area contributed by atoms with Crippen LogP contribution < -0.4 is 5.73 Å². The molecule has 0 saturated carbocycles. The monoisotopic (exact) mass is 281 g/mol. The molecule has 0 bridgehead atoms. The van der Waals surface area contributed by atoms with Crippen LogP contribution in [0.25, 0.3) is 0 Å². The minimum atomic E-state index is -0.0132. The molecule has 3 rings (SSSR count). The standard InChI is InChI=1S/C17H19N3O/c1-12-5-2-3-6-14(12)16-7-4-10-20(16)17(21)15-9-8-13(18)11-19-15/h2-3,5-6,8-9,11,16H,4,7,10,18H2,1H3. The van der Waals surface area contributed by atoms with Gasteiger partial charge in [-0.3, -0.25) is 4.79 Å². The summed E-state index contributed by atoms with van der Waals surface area (Å²) in [6.45, 7) is 2.88. The first-order valence-corrected chi connectivity index (χ1v) is 7.25. The van der Waals surface area contributed by atoms with Gasteiger partial charge in [0.15, 0.2) is 0 Å². The molecular weight excluding hydrogens is 262 g/mol. The fraction of sp³-hybridized carbons (Fsp3) is 0.294. The van der Waals surface area contributed by atoms with Crippen molar-refractivity contribution < 1.29 is 4.79 Å². The fourth-order valence-corrected chi connectivity index (χ4v) is 2.97. The van der Waals surface area contributed by atoms with E-state index in [1.165, 1.54) is 17.3 Å². The molecule has 0 radical (unpaired) electrons. The molecule has 108 valence electrons. The summed E-state index contributed by atoms with van der Waals surface area (Å²) >= 11 is 0. The summed E-state index contributed by atoms with van der Waals surface area (Å²) in [5.41, 5.74) is 9.13. The van der Waals surface area contributed by atoms with E-state index in [9.17, 15) is 4.79 Å². The van der Waals surface area contributed by atoms with Gasteiger partial charge in [0.25, 0.3) is 5.91 Å². The zero-order valence-electron chi connectivity index (χ0n) is 12.1. The van der Waals surface area contributed by atoms with Crippen molar-refractivity contribution in [3.63, 3.8) is 0 Å². The molecule has 1 aromatic heterocycles. The summed E-state index contributed by atoms with van der Waals surface area (Å²) in [5.74, 6) is -0.0132. The molecule has 1 aliphatic heterocycles. The van der Waals surface area contributed by atoms with Gasteiger partial charge in [-0.05, 0) is 43.0 Å². The lowest BCUT2D eigenvalue weighted by molar-refractivity contribution is 0.0729. The highest BCUT2D eigenvalue weighted by Crippen LogP contribution is 2.34. The van der Waals surface area contributed by atoms with E-state index >= 15 is 0 Å². The molecule has 1 atom stereocenters. The van der Waals surface area contributed by atoms with Crippen LogP contribution in [0.1, 0.15) is 40.5 Å². The molecule has 1 aliphatic rings. The number of aryl methyl sites for hydroxylation is 1. The summed E-state index contributed by atoms with van der Waals surface area (Å²) in [6.07, 6.45) is 3.57. The van der Waals surface area contributed by atoms with Gasteiger partial charge in [-0.1, -0.05) is 24.3 Å². The number of pyridine rings is 1. The Balaban J connectivity index is 1.89. The molecule has 4 heteroatoms. The Morgan fingerprint density at radius 1 is 1.29 bits per heavy atom. The molecule has 1 saturated heterocycles. The summed E-state index contributed by atoms with van der Waals surface area (Å²) in [4.78, 5) is 18.8. The van der Waals surface area contributed by atoms with Crippen molar-refractivity contribution >= 4 is 11.6 Å². The van der Waals surface area contributed by atoms with Crippen LogP contribution in [-0.2, 0) is 0 Å². The van der Waals surface area contributed by atoms with Crippen LogP contribution >= 0.6 is 0 Å². The highest BCUT2D eigenvalue weighted by atomic mass is 16.2. The number of aromatic nitrogens is 1. The van der Waals surface area contributed by atoms with Gasteiger partial charge >= 0.3 is 0 Å². The lowest BCUT2D eigenvalue weighted by Gasteiger charge is -2.26. The number of hydrogen-bond donors (Lipinski definition) is 1. The van der Waals surface area contributed by atoms with Crippen molar-refractivity contribution in [2.45, 2.75) is 25.8 Å². The molecule has 0 spiro atoms. The van der Waals surface area contributed by atoms with Crippen molar-refractivity contribution in [2.24, 2.45) is 0 Å². The molecule has 1 fully saturated rings. The Morgan fingerprint density at radius 2 is 2.10 bits per heavy atom. The molecule has 0 aliphatic carbocycles. The van der Waals surface area contributed by atoms with Crippen LogP contribution in [0.2, 0.25) is 0 Å². The Labute approximate surface area is 124 Å². The Bertz CT molecular complexity index is 651. The van der Waals surface area contributed by atoms with Crippen LogP contribution in [0.5, 0.6) is 0 Å². The molecule has 1 unspecified atom stereocenters. The third-order valence-corrected chi connectivity index (χ3v) is 4.07. The van der Waals surface area contributed by atoms with Crippen LogP contribution in [0.3, 0.4) is 0 Å². The van der Waals surface area contributed by atoms with E-state index in [-0.39, 0.29) is 11.9 Å². The number of amides is 1. The molecule has 1 amide bonds. The van der Waals surface area contributed by atoms with Gasteiger partial charge < -0.3 is 10.6 Å². The highest BCUT2D eigenvalue weighted by molar-refractivity contribution is 5.93. The SMILES string of the molecule is Cc1ccccc1C1CCCN1C(=O)c1ccc(N)cn1. The number of rotatable bonds is 2. The Hall–Kier alpha value is -2.36. The maximum Gasteiger partial charge on any atom is 0.272 e. The van der Waals surface area contributed by atoms with Gasteiger partial charge in [-0.15, -0.1) is 0 Å². The lowest BCUT2D eigenvalue weighted by Crippen LogP contribution is -2.31. The number of benzene rings is 1. The van der Waals surface area contributed by atoms with Crippen LogP contribution in [-0.4, -0.2) is 22.3 Å². The van der Waals surface area contributed by atoms with E-state index in [1.807, 2.05) is 17.0 Å². The second-order valence-electron chi connectivity index (χ2n) is 5.49. The van der Waals surface area contributed by atoms with Crippen molar-refractivity contribution in [3.05, 3.63) is 59.4 Å². The normalized spacial score (nSPS) is 18.0. The zero-order chi connectivity index (χ0) is 14.8. The summed E-state index contributed by atoms with van der Waals surface area (Å²) in [6, 6.07) is 11.8. The Kier molecular flexibility index (Phi) is 3.60.